The monoisotopic (exact) mass is 397 g/mol. The highest BCUT2D eigenvalue weighted by Gasteiger charge is 2.15. The number of fused-ring (bicyclic) bond motifs is 1. The van der Waals surface area contributed by atoms with Crippen LogP contribution in [-0.2, 0) is 0 Å². The maximum Gasteiger partial charge on any atom is 0.291 e. The lowest BCUT2D eigenvalue weighted by Crippen LogP contribution is -2.11. The van der Waals surface area contributed by atoms with Gasteiger partial charge >= 0.3 is 0 Å². The van der Waals surface area contributed by atoms with Gasteiger partial charge in [0.25, 0.3) is 5.91 Å². The van der Waals surface area contributed by atoms with E-state index in [9.17, 15) is 4.79 Å². The fraction of sp³-hybridized carbons (Fsp3) is 0.0588. The summed E-state index contributed by atoms with van der Waals surface area (Å²) in [7, 11) is 0. The summed E-state index contributed by atoms with van der Waals surface area (Å²) in [6, 6.07) is 12.9. The van der Waals surface area contributed by atoms with Gasteiger partial charge in [-0.3, -0.25) is 4.79 Å². The molecule has 0 saturated heterocycles. The van der Waals surface area contributed by atoms with Gasteiger partial charge in [0, 0.05) is 11.1 Å². The van der Waals surface area contributed by atoms with E-state index in [1.54, 1.807) is 10.7 Å². The Morgan fingerprint density at radius 2 is 2.12 bits per heavy atom. The predicted molar refractivity (Wildman–Crippen MR) is 95.8 cm³/mol. The third-order valence-corrected chi connectivity index (χ3v) is 4.41. The van der Waals surface area contributed by atoms with Crippen LogP contribution in [0.3, 0.4) is 0 Å². The van der Waals surface area contributed by atoms with Gasteiger partial charge in [0.2, 0.25) is 0 Å². The number of aromatic nitrogens is 4. The second-order valence-electron chi connectivity index (χ2n) is 5.48. The Bertz CT molecular complexity index is 1070. The number of para-hydroxylation sites is 1. The zero-order valence-electron chi connectivity index (χ0n) is 13.1. The first-order valence-electron chi connectivity index (χ1n) is 7.45. The van der Waals surface area contributed by atoms with Crippen molar-refractivity contribution in [2.24, 2.45) is 0 Å². The molecule has 0 radical (unpaired) electrons. The first-order chi connectivity index (χ1) is 12.1. The lowest BCUT2D eigenvalue weighted by Gasteiger charge is -2.08. The summed E-state index contributed by atoms with van der Waals surface area (Å²) in [4.78, 5) is 12.5. The summed E-state index contributed by atoms with van der Waals surface area (Å²) >= 11 is 3.42. The van der Waals surface area contributed by atoms with Gasteiger partial charge in [-0.2, -0.15) is 0 Å². The Labute approximate surface area is 150 Å². The minimum absolute atomic E-state index is 0.242. The van der Waals surface area contributed by atoms with Crippen LogP contribution in [0.4, 0.5) is 5.69 Å². The van der Waals surface area contributed by atoms with Crippen molar-refractivity contribution in [2.45, 2.75) is 6.92 Å². The van der Waals surface area contributed by atoms with Crippen LogP contribution < -0.4 is 5.32 Å². The van der Waals surface area contributed by atoms with Crippen LogP contribution in [-0.4, -0.2) is 26.1 Å². The van der Waals surface area contributed by atoms with Gasteiger partial charge in [-0.25, -0.2) is 4.68 Å². The minimum Gasteiger partial charge on any atom is -0.450 e. The van der Waals surface area contributed by atoms with Crippen molar-refractivity contribution in [1.82, 2.24) is 20.2 Å². The molecule has 4 aromatic rings. The Hall–Kier alpha value is -3.00. The van der Waals surface area contributed by atoms with Gasteiger partial charge in [-0.1, -0.05) is 18.2 Å². The van der Waals surface area contributed by atoms with Crippen molar-refractivity contribution in [3.63, 3.8) is 0 Å². The predicted octanol–water partition coefficient (Wildman–Crippen LogP) is 3.73. The molecule has 0 aliphatic heterocycles. The van der Waals surface area contributed by atoms with E-state index in [1.165, 1.54) is 6.33 Å². The number of aryl methyl sites for hydroxylation is 1. The molecule has 1 N–H and O–H groups in total. The molecule has 0 bridgehead atoms. The summed E-state index contributed by atoms with van der Waals surface area (Å²) in [6.07, 6.45) is 1.50. The summed E-state index contributed by atoms with van der Waals surface area (Å²) in [5.74, 6) is -0.0823. The van der Waals surface area contributed by atoms with Crippen molar-refractivity contribution < 1.29 is 9.21 Å². The van der Waals surface area contributed by atoms with E-state index in [0.717, 1.165) is 21.1 Å². The number of nitrogens with zero attached hydrogens (tertiary/aromatic N) is 4. The van der Waals surface area contributed by atoms with E-state index >= 15 is 0 Å². The molecule has 8 heteroatoms. The number of tetrazole rings is 1. The standard InChI is InChI=1S/C17H12BrN5O2/c1-10-5-6-12(8-14(10)23-9-19-21-22-23)20-17(24)15-7-11-3-2-4-13(18)16(11)25-15/h2-9H,1H3,(H,20,24). The number of halogens is 1. The van der Waals surface area contributed by atoms with E-state index in [2.05, 4.69) is 36.8 Å². The zero-order chi connectivity index (χ0) is 17.4. The highest BCUT2D eigenvalue weighted by Crippen LogP contribution is 2.27. The number of carbonyl (C=O) groups excluding carboxylic acids is 1. The summed E-state index contributed by atoms with van der Waals surface area (Å²) in [5, 5.41) is 14.9. The van der Waals surface area contributed by atoms with Gasteiger partial charge in [0.05, 0.1) is 10.2 Å². The molecule has 1 amide bonds. The van der Waals surface area contributed by atoms with Gasteiger partial charge < -0.3 is 9.73 Å². The van der Waals surface area contributed by atoms with Crippen LogP contribution in [0.25, 0.3) is 16.7 Å². The third kappa shape index (κ3) is 2.91. The fourth-order valence-electron chi connectivity index (χ4n) is 2.54. The number of amides is 1. The van der Waals surface area contributed by atoms with Crippen molar-refractivity contribution in [2.75, 3.05) is 5.32 Å². The van der Waals surface area contributed by atoms with Crippen molar-refractivity contribution in [3.8, 4) is 5.69 Å². The Morgan fingerprint density at radius 3 is 2.88 bits per heavy atom. The van der Waals surface area contributed by atoms with E-state index in [0.29, 0.717) is 11.3 Å². The zero-order valence-corrected chi connectivity index (χ0v) is 14.7. The first kappa shape index (κ1) is 15.5. The lowest BCUT2D eigenvalue weighted by molar-refractivity contribution is 0.0998. The average Bonchev–Trinajstić information content (AvgIpc) is 3.26. The second kappa shape index (κ2) is 6.14. The number of carbonyl (C=O) groups is 1. The number of hydrogen-bond acceptors (Lipinski definition) is 5. The molecule has 4 rings (SSSR count). The third-order valence-electron chi connectivity index (χ3n) is 3.78. The van der Waals surface area contributed by atoms with Crippen molar-refractivity contribution >= 4 is 38.5 Å². The molecule has 124 valence electrons. The number of anilines is 1. The van der Waals surface area contributed by atoms with E-state index in [4.69, 9.17) is 4.42 Å². The lowest BCUT2D eigenvalue weighted by atomic mass is 10.2. The number of furan rings is 1. The van der Waals surface area contributed by atoms with E-state index in [1.807, 2.05) is 43.3 Å². The minimum atomic E-state index is -0.324. The van der Waals surface area contributed by atoms with Crippen LogP contribution >= 0.6 is 15.9 Å². The smallest absolute Gasteiger partial charge is 0.291 e. The highest BCUT2D eigenvalue weighted by atomic mass is 79.9. The Morgan fingerprint density at radius 1 is 1.24 bits per heavy atom. The molecule has 0 fully saturated rings. The molecule has 0 saturated carbocycles. The molecule has 2 aromatic carbocycles. The molecule has 0 aliphatic rings. The van der Waals surface area contributed by atoms with Gasteiger partial charge in [0.1, 0.15) is 11.9 Å². The largest absolute Gasteiger partial charge is 0.450 e. The molecule has 0 atom stereocenters. The van der Waals surface area contributed by atoms with Crippen molar-refractivity contribution in [3.05, 3.63) is 64.6 Å². The maximum absolute atomic E-state index is 12.5. The SMILES string of the molecule is Cc1ccc(NC(=O)c2cc3cccc(Br)c3o2)cc1-n1cnnn1. The van der Waals surface area contributed by atoms with Gasteiger partial charge in [-0.15, -0.1) is 5.10 Å². The summed E-state index contributed by atoms with van der Waals surface area (Å²) in [5.41, 5.74) is 3.04. The molecule has 2 aromatic heterocycles. The van der Waals surface area contributed by atoms with Crippen LogP contribution in [0.5, 0.6) is 0 Å². The molecule has 7 nitrogen and oxygen atoms in total. The number of hydrogen-bond donors (Lipinski definition) is 1. The second-order valence-corrected chi connectivity index (χ2v) is 6.33. The summed E-state index contributed by atoms with van der Waals surface area (Å²) in [6.45, 7) is 1.94. The molecule has 25 heavy (non-hydrogen) atoms. The van der Waals surface area contributed by atoms with E-state index < -0.39 is 0 Å². The van der Waals surface area contributed by atoms with Crippen LogP contribution in [0.1, 0.15) is 16.1 Å². The van der Waals surface area contributed by atoms with E-state index in [-0.39, 0.29) is 11.7 Å². The molecule has 2 heterocycles. The fourth-order valence-corrected chi connectivity index (χ4v) is 3.00. The topological polar surface area (TPSA) is 85.8 Å². The average molecular weight is 398 g/mol. The first-order valence-corrected chi connectivity index (χ1v) is 8.24. The quantitative estimate of drug-likeness (QED) is 0.568. The van der Waals surface area contributed by atoms with Crippen LogP contribution in [0.2, 0.25) is 0 Å². The van der Waals surface area contributed by atoms with Crippen LogP contribution in [0, 0.1) is 6.92 Å². The van der Waals surface area contributed by atoms with Crippen molar-refractivity contribution in [1.29, 1.82) is 0 Å². The Balaban J connectivity index is 1.64. The molecular formula is C17H12BrN5O2. The molecule has 0 unspecified atom stereocenters. The summed E-state index contributed by atoms with van der Waals surface area (Å²) < 4.78 is 8.01. The number of rotatable bonds is 3. The van der Waals surface area contributed by atoms with Gasteiger partial charge in [-0.05, 0) is 63.1 Å². The number of benzene rings is 2. The Kier molecular flexibility index (Phi) is 3.81. The molecule has 0 aliphatic carbocycles. The normalized spacial score (nSPS) is 11.0. The molecule has 0 spiro atoms. The number of nitrogens with one attached hydrogen (secondary N) is 1. The maximum atomic E-state index is 12.5. The highest BCUT2D eigenvalue weighted by molar-refractivity contribution is 9.10. The van der Waals surface area contributed by atoms with Crippen LogP contribution in [0.15, 0.2) is 57.7 Å². The molecular weight excluding hydrogens is 386 g/mol. The van der Waals surface area contributed by atoms with Gasteiger partial charge in [0.15, 0.2) is 5.76 Å².